The van der Waals surface area contributed by atoms with E-state index in [0.29, 0.717) is 5.92 Å². The van der Waals surface area contributed by atoms with Crippen LogP contribution < -0.4 is 5.32 Å². The van der Waals surface area contributed by atoms with Crippen LogP contribution in [0.1, 0.15) is 33.6 Å². The summed E-state index contributed by atoms with van der Waals surface area (Å²) in [5.74, 6) is 0.258. The summed E-state index contributed by atoms with van der Waals surface area (Å²) < 4.78 is 4.81. The van der Waals surface area contributed by atoms with Crippen LogP contribution in [0.15, 0.2) is 0 Å². The number of hydrogen-bond acceptors (Lipinski definition) is 3. The molecule has 0 amide bonds. The van der Waals surface area contributed by atoms with Crippen molar-refractivity contribution < 1.29 is 9.53 Å². The van der Waals surface area contributed by atoms with Gasteiger partial charge in [0.25, 0.3) is 0 Å². The average Bonchev–Trinajstić information content (AvgIpc) is 2.15. The van der Waals surface area contributed by atoms with Crippen LogP contribution in [-0.2, 0) is 9.53 Å². The van der Waals surface area contributed by atoms with Crippen LogP contribution in [0.3, 0.4) is 0 Å². The van der Waals surface area contributed by atoms with Gasteiger partial charge in [0.1, 0.15) is 6.04 Å². The third kappa shape index (κ3) is 2.47. The predicted octanol–water partition coefficient (Wildman–Crippen LogP) is 1.57. The molecule has 0 radical (unpaired) electrons. The number of nitrogens with one attached hydrogen (secondary N) is 1. The Morgan fingerprint density at radius 2 is 2.07 bits per heavy atom. The second-order valence-electron chi connectivity index (χ2n) is 5.07. The predicted molar refractivity (Wildman–Crippen MR) is 56.0 cm³/mol. The highest BCUT2D eigenvalue weighted by Crippen LogP contribution is 2.34. The Hall–Kier alpha value is -0.570. The molecule has 1 fully saturated rings. The van der Waals surface area contributed by atoms with E-state index in [0.717, 1.165) is 19.4 Å². The summed E-state index contributed by atoms with van der Waals surface area (Å²) in [5, 5.41) is 3.25. The van der Waals surface area contributed by atoms with Gasteiger partial charge in [-0.15, -0.1) is 0 Å². The van der Waals surface area contributed by atoms with Crippen molar-refractivity contribution in [3.63, 3.8) is 0 Å². The molecule has 0 aliphatic carbocycles. The van der Waals surface area contributed by atoms with Crippen LogP contribution in [0, 0.1) is 11.3 Å². The molecule has 2 atom stereocenters. The fraction of sp³-hybridized carbons (Fsp3) is 0.909. The van der Waals surface area contributed by atoms with E-state index in [1.165, 1.54) is 7.11 Å². The van der Waals surface area contributed by atoms with E-state index in [-0.39, 0.29) is 17.4 Å². The maximum atomic E-state index is 11.5. The van der Waals surface area contributed by atoms with Gasteiger partial charge in [0, 0.05) is 0 Å². The molecule has 14 heavy (non-hydrogen) atoms. The highest BCUT2D eigenvalue weighted by Gasteiger charge is 2.38. The Labute approximate surface area is 86.2 Å². The van der Waals surface area contributed by atoms with Crippen LogP contribution in [-0.4, -0.2) is 25.7 Å². The van der Waals surface area contributed by atoms with Gasteiger partial charge in [0.05, 0.1) is 7.11 Å². The van der Waals surface area contributed by atoms with Gasteiger partial charge in [-0.05, 0) is 30.7 Å². The number of carbonyl (C=O) groups is 1. The van der Waals surface area contributed by atoms with Crippen LogP contribution in [0.4, 0.5) is 0 Å². The van der Waals surface area contributed by atoms with Gasteiger partial charge in [0.15, 0.2) is 0 Å². The zero-order valence-corrected chi connectivity index (χ0v) is 9.59. The first-order chi connectivity index (χ1) is 6.46. The molecular formula is C11H21NO2. The van der Waals surface area contributed by atoms with Crippen molar-refractivity contribution >= 4 is 5.97 Å². The van der Waals surface area contributed by atoms with E-state index in [1.807, 2.05) is 0 Å². The molecule has 0 bridgehead atoms. The molecule has 0 saturated carbocycles. The lowest BCUT2D eigenvalue weighted by Crippen LogP contribution is -2.51. The molecule has 0 aromatic heterocycles. The molecule has 1 rings (SSSR count). The zero-order chi connectivity index (χ0) is 10.8. The number of carbonyl (C=O) groups excluding carboxylic acids is 1. The molecule has 1 heterocycles. The van der Waals surface area contributed by atoms with Gasteiger partial charge in [0.2, 0.25) is 0 Å². The van der Waals surface area contributed by atoms with Gasteiger partial charge < -0.3 is 10.1 Å². The van der Waals surface area contributed by atoms with E-state index in [1.54, 1.807) is 0 Å². The maximum Gasteiger partial charge on any atom is 0.323 e. The number of ether oxygens (including phenoxy) is 1. The van der Waals surface area contributed by atoms with E-state index >= 15 is 0 Å². The molecule has 1 saturated heterocycles. The number of methoxy groups -OCH3 is 1. The summed E-state index contributed by atoms with van der Waals surface area (Å²) in [4.78, 5) is 11.5. The van der Waals surface area contributed by atoms with Crippen molar-refractivity contribution in [2.75, 3.05) is 13.7 Å². The topological polar surface area (TPSA) is 38.3 Å². The zero-order valence-electron chi connectivity index (χ0n) is 9.59. The van der Waals surface area contributed by atoms with Crippen LogP contribution in [0.2, 0.25) is 0 Å². The quantitative estimate of drug-likeness (QED) is 0.651. The fourth-order valence-electron chi connectivity index (χ4n) is 2.20. The number of hydrogen-bond donors (Lipinski definition) is 1. The van der Waals surface area contributed by atoms with Gasteiger partial charge in [-0.2, -0.15) is 0 Å². The van der Waals surface area contributed by atoms with Crippen LogP contribution >= 0.6 is 0 Å². The third-order valence-corrected chi connectivity index (χ3v) is 3.03. The van der Waals surface area contributed by atoms with Gasteiger partial charge in [-0.3, -0.25) is 4.79 Å². The van der Waals surface area contributed by atoms with E-state index in [2.05, 4.69) is 26.1 Å². The SMILES string of the molecule is COC(=O)[C@@H]1NCCC[C@@H]1C(C)(C)C. The van der Waals surface area contributed by atoms with E-state index < -0.39 is 0 Å². The van der Waals surface area contributed by atoms with Crippen molar-refractivity contribution in [1.29, 1.82) is 0 Å². The minimum Gasteiger partial charge on any atom is -0.468 e. The third-order valence-electron chi connectivity index (χ3n) is 3.03. The molecule has 3 nitrogen and oxygen atoms in total. The molecule has 1 aliphatic heterocycles. The first-order valence-corrected chi connectivity index (χ1v) is 5.28. The molecule has 1 aliphatic rings. The smallest absolute Gasteiger partial charge is 0.323 e. The van der Waals surface area contributed by atoms with E-state index in [4.69, 9.17) is 4.74 Å². The Bertz CT molecular complexity index is 208. The monoisotopic (exact) mass is 199 g/mol. The summed E-state index contributed by atoms with van der Waals surface area (Å²) >= 11 is 0. The molecule has 0 aromatic carbocycles. The first-order valence-electron chi connectivity index (χ1n) is 5.28. The number of rotatable bonds is 1. The molecule has 82 valence electrons. The second kappa shape index (κ2) is 4.30. The maximum absolute atomic E-state index is 11.5. The van der Waals surface area contributed by atoms with Crippen LogP contribution in [0.5, 0.6) is 0 Å². The van der Waals surface area contributed by atoms with Crippen molar-refractivity contribution in [2.45, 2.75) is 39.7 Å². The van der Waals surface area contributed by atoms with Crippen molar-refractivity contribution in [3.8, 4) is 0 Å². The average molecular weight is 199 g/mol. The fourth-order valence-corrected chi connectivity index (χ4v) is 2.20. The summed E-state index contributed by atoms with van der Waals surface area (Å²) in [6.07, 6.45) is 2.26. The molecule has 0 spiro atoms. The Kier molecular flexibility index (Phi) is 3.53. The lowest BCUT2D eigenvalue weighted by molar-refractivity contribution is -0.146. The normalized spacial score (nSPS) is 28.6. The van der Waals surface area contributed by atoms with Gasteiger partial charge >= 0.3 is 5.97 Å². The van der Waals surface area contributed by atoms with Crippen molar-refractivity contribution in [1.82, 2.24) is 5.32 Å². The lowest BCUT2D eigenvalue weighted by Gasteiger charge is -2.39. The van der Waals surface area contributed by atoms with E-state index in [9.17, 15) is 4.79 Å². The molecule has 3 heteroatoms. The molecule has 0 aromatic rings. The minimum atomic E-state index is -0.121. The second-order valence-corrected chi connectivity index (χ2v) is 5.07. The Morgan fingerprint density at radius 3 is 2.57 bits per heavy atom. The Balaban J connectivity index is 2.74. The molecule has 1 N–H and O–H groups in total. The molecular weight excluding hydrogens is 178 g/mol. The van der Waals surface area contributed by atoms with Crippen molar-refractivity contribution in [2.24, 2.45) is 11.3 Å². The molecule has 0 unspecified atom stereocenters. The summed E-state index contributed by atoms with van der Waals surface area (Å²) in [5.41, 5.74) is 0.159. The summed E-state index contributed by atoms with van der Waals surface area (Å²) in [6.45, 7) is 7.47. The highest BCUT2D eigenvalue weighted by atomic mass is 16.5. The highest BCUT2D eigenvalue weighted by molar-refractivity contribution is 5.76. The first kappa shape index (κ1) is 11.5. The van der Waals surface area contributed by atoms with Crippen LogP contribution in [0.25, 0.3) is 0 Å². The van der Waals surface area contributed by atoms with Crippen molar-refractivity contribution in [3.05, 3.63) is 0 Å². The largest absolute Gasteiger partial charge is 0.468 e. The lowest BCUT2D eigenvalue weighted by atomic mass is 9.72. The van der Waals surface area contributed by atoms with Gasteiger partial charge in [-0.1, -0.05) is 20.8 Å². The summed E-state index contributed by atoms with van der Waals surface area (Å²) in [7, 11) is 1.46. The number of piperidine rings is 1. The number of esters is 1. The minimum absolute atomic E-state index is 0.117. The standard InChI is InChI=1S/C11H21NO2/c1-11(2,3)8-6-5-7-12-9(8)10(13)14-4/h8-9,12H,5-7H2,1-4H3/t8-,9+/m0/s1. The summed E-state index contributed by atoms with van der Waals surface area (Å²) in [6, 6.07) is -0.117. The Morgan fingerprint density at radius 1 is 1.43 bits per heavy atom. The van der Waals surface area contributed by atoms with Gasteiger partial charge in [-0.25, -0.2) is 0 Å².